The van der Waals surface area contributed by atoms with Crippen LogP contribution < -0.4 is 9.80 Å². The minimum atomic E-state index is -1.13. The molecular formula is C11H14N2O4. The van der Waals surface area contributed by atoms with Gasteiger partial charge in [-0.25, -0.2) is 4.79 Å². The Balaban J connectivity index is 2.57. The fraction of sp³-hybridized carbons (Fsp3) is 0.455. The molecule has 92 valence electrons. The highest BCUT2D eigenvalue weighted by molar-refractivity contribution is 6.02. The highest BCUT2D eigenvalue weighted by atomic mass is 16.4. The molecule has 6 nitrogen and oxygen atoms in total. The number of anilines is 2. The number of carbonyl (C=O) groups is 2. The van der Waals surface area contributed by atoms with Crippen molar-refractivity contribution < 1.29 is 19.1 Å². The summed E-state index contributed by atoms with van der Waals surface area (Å²) in [6, 6.07) is 0.0436. The number of carboxylic acids is 1. The van der Waals surface area contributed by atoms with Gasteiger partial charge in [-0.15, -0.1) is 0 Å². The second-order valence-electron chi connectivity index (χ2n) is 4.19. The number of hydrogen-bond donors (Lipinski definition) is 1. The predicted molar refractivity (Wildman–Crippen MR) is 61.6 cm³/mol. The first-order valence-electron chi connectivity index (χ1n) is 5.29. The summed E-state index contributed by atoms with van der Waals surface area (Å²) in [7, 11) is 1.79. The Labute approximate surface area is 98.4 Å². The second kappa shape index (κ2) is 3.80. The molecule has 2 rings (SSSR count). The summed E-state index contributed by atoms with van der Waals surface area (Å²) in [5.41, 5.74) is 0.988. The van der Waals surface area contributed by atoms with E-state index >= 15 is 0 Å². The van der Waals surface area contributed by atoms with Gasteiger partial charge in [0, 0.05) is 26.6 Å². The van der Waals surface area contributed by atoms with Gasteiger partial charge in [-0.05, 0) is 6.92 Å². The first-order valence-corrected chi connectivity index (χ1v) is 5.29. The van der Waals surface area contributed by atoms with Crippen LogP contribution in [-0.4, -0.2) is 36.6 Å². The molecular weight excluding hydrogens is 224 g/mol. The third-order valence-corrected chi connectivity index (χ3v) is 3.07. The molecule has 0 aliphatic carbocycles. The van der Waals surface area contributed by atoms with E-state index in [1.807, 2.05) is 11.8 Å². The van der Waals surface area contributed by atoms with Crippen LogP contribution in [-0.2, 0) is 4.79 Å². The van der Waals surface area contributed by atoms with E-state index in [4.69, 9.17) is 9.52 Å². The van der Waals surface area contributed by atoms with Crippen molar-refractivity contribution in [3.8, 4) is 0 Å². The van der Waals surface area contributed by atoms with Gasteiger partial charge in [0.1, 0.15) is 17.6 Å². The minimum Gasteiger partial charge on any atom is -0.475 e. The maximum Gasteiger partial charge on any atom is 0.374 e. The van der Waals surface area contributed by atoms with Crippen molar-refractivity contribution >= 4 is 23.3 Å². The lowest BCUT2D eigenvalue weighted by Gasteiger charge is -2.37. The van der Waals surface area contributed by atoms with Gasteiger partial charge in [0.2, 0.25) is 11.7 Å². The number of carbonyl (C=O) groups excluding carboxylic acids is 1. The van der Waals surface area contributed by atoms with Crippen LogP contribution in [0.3, 0.4) is 0 Å². The predicted octanol–water partition coefficient (Wildman–Crippen LogP) is 1.17. The molecule has 1 aromatic rings. The summed E-state index contributed by atoms with van der Waals surface area (Å²) in [6.45, 7) is 3.91. The molecule has 0 radical (unpaired) electrons. The largest absolute Gasteiger partial charge is 0.475 e. The molecule has 17 heavy (non-hydrogen) atoms. The van der Waals surface area contributed by atoms with Crippen molar-refractivity contribution in [1.82, 2.24) is 0 Å². The SMILES string of the molecule is CC(=O)N1CC(C)N(C)c2c1coc2C(=O)O. The van der Waals surface area contributed by atoms with Crippen LogP contribution in [0.5, 0.6) is 0 Å². The molecule has 1 amide bonds. The summed E-state index contributed by atoms with van der Waals surface area (Å²) in [4.78, 5) is 25.9. The van der Waals surface area contributed by atoms with Crippen LogP contribution in [0.4, 0.5) is 11.4 Å². The van der Waals surface area contributed by atoms with Crippen molar-refractivity contribution in [2.24, 2.45) is 0 Å². The lowest BCUT2D eigenvalue weighted by atomic mass is 10.1. The van der Waals surface area contributed by atoms with Crippen molar-refractivity contribution in [2.75, 3.05) is 23.4 Å². The number of nitrogens with zero attached hydrogens (tertiary/aromatic N) is 2. The molecule has 0 aromatic carbocycles. The van der Waals surface area contributed by atoms with E-state index in [1.165, 1.54) is 18.1 Å². The van der Waals surface area contributed by atoms with Crippen LogP contribution in [0.1, 0.15) is 24.4 Å². The Hall–Kier alpha value is -1.98. The zero-order valence-corrected chi connectivity index (χ0v) is 9.93. The average Bonchev–Trinajstić information content (AvgIpc) is 2.67. The normalized spacial score (nSPS) is 19.1. The molecule has 2 heterocycles. The first-order chi connectivity index (χ1) is 7.93. The van der Waals surface area contributed by atoms with Gasteiger partial charge < -0.3 is 19.3 Å². The molecule has 0 saturated heterocycles. The fourth-order valence-corrected chi connectivity index (χ4v) is 2.03. The van der Waals surface area contributed by atoms with E-state index in [9.17, 15) is 9.59 Å². The van der Waals surface area contributed by atoms with Crippen LogP contribution in [0, 0.1) is 0 Å². The molecule has 0 spiro atoms. The number of aromatic carboxylic acids is 1. The number of likely N-dealkylation sites (N-methyl/N-ethyl adjacent to an activating group) is 1. The molecule has 1 aliphatic rings. The van der Waals surface area contributed by atoms with Gasteiger partial charge in [-0.3, -0.25) is 4.79 Å². The van der Waals surface area contributed by atoms with Crippen molar-refractivity contribution in [3.63, 3.8) is 0 Å². The Morgan fingerprint density at radius 1 is 1.53 bits per heavy atom. The Kier molecular flexibility index (Phi) is 2.57. The van der Waals surface area contributed by atoms with Gasteiger partial charge >= 0.3 is 5.97 Å². The molecule has 0 saturated carbocycles. The number of furan rings is 1. The lowest BCUT2D eigenvalue weighted by molar-refractivity contribution is -0.116. The Bertz CT molecular complexity index is 480. The van der Waals surface area contributed by atoms with Gasteiger partial charge in [0.05, 0.1) is 0 Å². The van der Waals surface area contributed by atoms with Crippen LogP contribution in [0.25, 0.3) is 0 Å². The molecule has 0 fully saturated rings. The first kappa shape index (κ1) is 11.5. The quantitative estimate of drug-likeness (QED) is 0.794. The molecule has 1 N–H and O–H groups in total. The second-order valence-corrected chi connectivity index (χ2v) is 4.19. The van der Waals surface area contributed by atoms with Gasteiger partial charge in [-0.2, -0.15) is 0 Å². The van der Waals surface area contributed by atoms with E-state index in [0.717, 1.165) is 0 Å². The zero-order chi connectivity index (χ0) is 12.7. The van der Waals surface area contributed by atoms with Crippen LogP contribution in [0.2, 0.25) is 0 Å². The van der Waals surface area contributed by atoms with E-state index < -0.39 is 5.97 Å². The topological polar surface area (TPSA) is 74.0 Å². The number of hydrogen-bond acceptors (Lipinski definition) is 4. The smallest absolute Gasteiger partial charge is 0.374 e. The van der Waals surface area contributed by atoms with E-state index in [0.29, 0.717) is 17.9 Å². The summed E-state index contributed by atoms with van der Waals surface area (Å²) < 4.78 is 5.04. The van der Waals surface area contributed by atoms with Crippen LogP contribution in [0.15, 0.2) is 10.7 Å². The van der Waals surface area contributed by atoms with E-state index in [1.54, 1.807) is 7.05 Å². The van der Waals surface area contributed by atoms with Crippen LogP contribution >= 0.6 is 0 Å². The van der Waals surface area contributed by atoms with E-state index in [2.05, 4.69) is 0 Å². The molecule has 6 heteroatoms. The fourth-order valence-electron chi connectivity index (χ4n) is 2.03. The molecule has 1 atom stereocenters. The zero-order valence-electron chi connectivity index (χ0n) is 9.93. The maximum atomic E-state index is 11.5. The summed E-state index contributed by atoms with van der Waals surface area (Å²) in [5, 5.41) is 9.03. The summed E-state index contributed by atoms with van der Waals surface area (Å²) in [6.07, 6.45) is 1.32. The Morgan fingerprint density at radius 3 is 2.71 bits per heavy atom. The molecule has 1 unspecified atom stereocenters. The van der Waals surface area contributed by atoms with Crippen molar-refractivity contribution in [3.05, 3.63) is 12.0 Å². The lowest BCUT2D eigenvalue weighted by Crippen LogP contribution is -2.47. The monoisotopic (exact) mass is 238 g/mol. The number of rotatable bonds is 1. The molecule has 0 bridgehead atoms. The highest BCUT2D eigenvalue weighted by Gasteiger charge is 2.34. The summed E-state index contributed by atoms with van der Waals surface area (Å²) >= 11 is 0. The van der Waals surface area contributed by atoms with Gasteiger partial charge in [-0.1, -0.05) is 0 Å². The van der Waals surface area contributed by atoms with Crippen molar-refractivity contribution in [1.29, 1.82) is 0 Å². The third-order valence-electron chi connectivity index (χ3n) is 3.07. The minimum absolute atomic E-state index is 0.0436. The number of carboxylic acid groups (broad SMARTS) is 1. The van der Waals surface area contributed by atoms with Crippen molar-refractivity contribution in [2.45, 2.75) is 19.9 Å². The Morgan fingerprint density at radius 2 is 2.18 bits per heavy atom. The number of amides is 1. The third kappa shape index (κ3) is 1.65. The van der Waals surface area contributed by atoms with E-state index in [-0.39, 0.29) is 17.7 Å². The average molecular weight is 238 g/mol. The van der Waals surface area contributed by atoms with Gasteiger partial charge in [0.15, 0.2) is 0 Å². The maximum absolute atomic E-state index is 11.5. The number of fused-ring (bicyclic) bond motifs is 1. The molecule has 1 aliphatic heterocycles. The van der Waals surface area contributed by atoms with Gasteiger partial charge in [0.25, 0.3) is 0 Å². The summed E-state index contributed by atoms with van der Waals surface area (Å²) in [5.74, 6) is -1.38. The highest BCUT2D eigenvalue weighted by Crippen LogP contribution is 2.39. The standard InChI is InChI=1S/C11H14N2O4/c1-6-4-13(7(2)14)8-5-17-10(11(15)16)9(8)12(6)3/h5-6H,4H2,1-3H3,(H,15,16). The molecule has 1 aromatic heterocycles.